The molecular weight excluding hydrogens is 374 g/mol. The van der Waals surface area contributed by atoms with E-state index in [0.29, 0.717) is 24.4 Å². The Labute approximate surface area is 168 Å². The molecule has 5 nitrogen and oxygen atoms in total. The number of benzene rings is 2. The van der Waals surface area contributed by atoms with Gasteiger partial charge in [0.15, 0.2) is 12.9 Å². The zero-order valence-corrected chi connectivity index (χ0v) is 16.4. The van der Waals surface area contributed by atoms with E-state index in [-0.39, 0.29) is 12.5 Å². The van der Waals surface area contributed by atoms with Gasteiger partial charge in [-0.25, -0.2) is 0 Å². The van der Waals surface area contributed by atoms with Gasteiger partial charge in [0, 0.05) is 17.0 Å². The average molecular weight is 395 g/mol. The third-order valence-corrected chi connectivity index (χ3v) is 5.09. The van der Waals surface area contributed by atoms with Crippen molar-refractivity contribution in [3.8, 4) is 11.5 Å². The second-order valence-electron chi connectivity index (χ2n) is 6.09. The van der Waals surface area contributed by atoms with Crippen molar-refractivity contribution in [1.82, 2.24) is 4.90 Å². The van der Waals surface area contributed by atoms with Crippen LogP contribution in [0.2, 0.25) is 0 Å². The van der Waals surface area contributed by atoms with Crippen LogP contribution in [0.4, 0.5) is 0 Å². The van der Waals surface area contributed by atoms with Gasteiger partial charge in [-0.3, -0.25) is 9.59 Å². The number of nitrogens with zero attached hydrogens (tertiary/aromatic N) is 1. The molecular formula is C22H21NO4S. The van der Waals surface area contributed by atoms with Gasteiger partial charge in [0.25, 0.3) is 5.91 Å². The molecule has 0 aliphatic carbocycles. The van der Waals surface area contributed by atoms with Crippen molar-refractivity contribution in [3.05, 3.63) is 82.0 Å². The van der Waals surface area contributed by atoms with Crippen molar-refractivity contribution in [1.29, 1.82) is 0 Å². The maximum Gasteiger partial charge on any atom is 0.261 e. The molecule has 2 aromatic carbocycles. The predicted molar refractivity (Wildman–Crippen MR) is 109 cm³/mol. The highest BCUT2D eigenvalue weighted by Gasteiger charge is 2.18. The number of amides is 1. The molecule has 0 aliphatic heterocycles. The minimum Gasteiger partial charge on any atom is -0.496 e. The summed E-state index contributed by atoms with van der Waals surface area (Å²) in [7, 11) is 1.61. The van der Waals surface area contributed by atoms with E-state index in [2.05, 4.69) is 0 Å². The van der Waals surface area contributed by atoms with E-state index in [1.165, 1.54) is 0 Å². The van der Waals surface area contributed by atoms with Crippen molar-refractivity contribution in [3.63, 3.8) is 0 Å². The number of rotatable bonds is 9. The lowest BCUT2D eigenvalue weighted by atomic mass is 10.2. The first-order chi connectivity index (χ1) is 13.7. The zero-order chi connectivity index (χ0) is 19.8. The molecule has 0 spiro atoms. The Bertz CT molecular complexity index is 924. The summed E-state index contributed by atoms with van der Waals surface area (Å²) in [6.07, 6.45) is 0.720. The van der Waals surface area contributed by atoms with E-state index < -0.39 is 0 Å². The Hall–Kier alpha value is -3.12. The molecule has 144 valence electrons. The molecule has 1 amide bonds. The first-order valence-corrected chi connectivity index (χ1v) is 9.68. The second kappa shape index (κ2) is 9.71. The molecule has 0 bridgehead atoms. The van der Waals surface area contributed by atoms with Crippen LogP contribution in [-0.4, -0.2) is 30.8 Å². The average Bonchev–Trinajstić information content (AvgIpc) is 3.25. The number of hydrogen-bond donors (Lipinski definition) is 0. The zero-order valence-electron chi connectivity index (χ0n) is 15.5. The van der Waals surface area contributed by atoms with Crippen LogP contribution in [0, 0.1) is 0 Å². The Morgan fingerprint density at radius 2 is 1.75 bits per heavy atom. The fourth-order valence-corrected chi connectivity index (χ4v) is 3.52. The molecule has 0 N–H and O–H groups in total. The van der Waals surface area contributed by atoms with Crippen LogP contribution in [0.3, 0.4) is 0 Å². The largest absolute Gasteiger partial charge is 0.496 e. The number of para-hydroxylation sites is 2. The normalized spacial score (nSPS) is 10.3. The first-order valence-electron chi connectivity index (χ1n) is 8.80. The van der Waals surface area contributed by atoms with E-state index >= 15 is 0 Å². The molecule has 0 unspecified atom stereocenters. The molecule has 1 aromatic heterocycles. The topological polar surface area (TPSA) is 55.8 Å². The van der Waals surface area contributed by atoms with Gasteiger partial charge >= 0.3 is 0 Å². The summed E-state index contributed by atoms with van der Waals surface area (Å²) < 4.78 is 11.0. The van der Waals surface area contributed by atoms with Gasteiger partial charge in [0.1, 0.15) is 11.5 Å². The third-order valence-electron chi connectivity index (χ3n) is 4.23. The number of ether oxygens (including phenoxy) is 2. The van der Waals surface area contributed by atoms with Crippen molar-refractivity contribution in [2.75, 3.05) is 13.7 Å². The maximum atomic E-state index is 12.9. The standard InChI is InChI=1S/C22H21NO4S/c1-26-20-10-4-2-7-17(20)13-23(14-19-9-6-12-28-19)22(25)16-27-21-11-5-3-8-18(21)15-24/h2-12,15H,13-14,16H2,1H3. The highest BCUT2D eigenvalue weighted by Crippen LogP contribution is 2.22. The van der Waals surface area contributed by atoms with Crippen molar-refractivity contribution in [2.24, 2.45) is 0 Å². The van der Waals surface area contributed by atoms with Crippen LogP contribution in [-0.2, 0) is 17.9 Å². The summed E-state index contributed by atoms with van der Waals surface area (Å²) in [6.45, 7) is 0.734. The fourth-order valence-electron chi connectivity index (χ4n) is 2.80. The van der Waals surface area contributed by atoms with Crippen molar-refractivity contribution >= 4 is 23.5 Å². The Morgan fingerprint density at radius 3 is 2.46 bits per heavy atom. The summed E-state index contributed by atoms with van der Waals surface area (Å²) in [5.41, 5.74) is 1.34. The number of methoxy groups -OCH3 is 1. The van der Waals surface area contributed by atoms with Gasteiger partial charge in [0.2, 0.25) is 0 Å². The number of carbonyl (C=O) groups excluding carboxylic acids is 2. The summed E-state index contributed by atoms with van der Waals surface area (Å²) in [6, 6.07) is 18.4. The molecule has 0 fully saturated rings. The summed E-state index contributed by atoms with van der Waals surface area (Å²) in [5.74, 6) is 0.970. The smallest absolute Gasteiger partial charge is 0.261 e. The lowest BCUT2D eigenvalue weighted by Gasteiger charge is -2.23. The summed E-state index contributed by atoms with van der Waals surface area (Å²) in [5, 5.41) is 1.98. The van der Waals surface area contributed by atoms with Gasteiger partial charge in [-0.2, -0.15) is 0 Å². The molecule has 0 aliphatic rings. The molecule has 3 aromatic rings. The van der Waals surface area contributed by atoms with Gasteiger partial charge < -0.3 is 14.4 Å². The first kappa shape index (κ1) is 19.6. The second-order valence-corrected chi connectivity index (χ2v) is 7.12. The van der Waals surface area contributed by atoms with Gasteiger partial charge in [-0.1, -0.05) is 36.4 Å². The number of carbonyl (C=O) groups is 2. The molecule has 6 heteroatoms. The molecule has 0 radical (unpaired) electrons. The van der Waals surface area contributed by atoms with Gasteiger partial charge in [-0.05, 0) is 29.6 Å². The SMILES string of the molecule is COc1ccccc1CN(Cc1cccs1)C(=O)COc1ccccc1C=O. The molecule has 28 heavy (non-hydrogen) atoms. The highest BCUT2D eigenvalue weighted by molar-refractivity contribution is 7.09. The molecule has 3 rings (SSSR count). The summed E-state index contributed by atoms with van der Waals surface area (Å²) in [4.78, 5) is 26.9. The number of thiophene rings is 1. The molecule has 0 saturated heterocycles. The summed E-state index contributed by atoms with van der Waals surface area (Å²) >= 11 is 1.60. The van der Waals surface area contributed by atoms with Crippen LogP contribution >= 0.6 is 11.3 Å². The van der Waals surface area contributed by atoms with Crippen LogP contribution in [0.1, 0.15) is 20.8 Å². The quantitative estimate of drug-likeness (QED) is 0.510. The van der Waals surface area contributed by atoms with Crippen molar-refractivity contribution in [2.45, 2.75) is 13.1 Å². The van der Waals surface area contributed by atoms with E-state index in [1.54, 1.807) is 47.6 Å². The van der Waals surface area contributed by atoms with E-state index in [9.17, 15) is 9.59 Å². The van der Waals surface area contributed by atoms with Crippen LogP contribution < -0.4 is 9.47 Å². The monoisotopic (exact) mass is 395 g/mol. The Kier molecular flexibility index (Phi) is 6.81. The number of hydrogen-bond acceptors (Lipinski definition) is 5. The third kappa shape index (κ3) is 4.98. The van der Waals surface area contributed by atoms with E-state index in [0.717, 1.165) is 22.5 Å². The highest BCUT2D eigenvalue weighted by atomic mass is 32.1. The van der Waals surface area contributed by atoms with Crippen LogP contribution in [0.15, 0.2) is 66.0 Å². The van der Waals surface area contributed by atoms with Crippen molar-refractivity contribution < 1.29 is 19.1 Å². The molecule has 0 saturated carbocycles. The molecule has 1 heterocycles. The van der Waals surface area contributed by atoms with Crippen LogP contribution in [0.25, 0.3) is 0 Å². The lowest BCUT2D eigenvalue weighted by molar-refractivity contribution is -0.134. The van der Waals surface area contributed by atoms with Crippen LogP contribution in [0.5, 0.6) is 11.5 Å². The maximum absolute atomic E-state index is 12.9. The minimum absolute atomic E-state index is 0.147. The predicted octanol–water partition coefficient (Wildman–Crippen LogP) is 4.18. The Morgan fingerprint density at radius 1 is 1.00 bits per heavy atom. The minimum atomic E-state index is -0.167. The lowest BCUT2D eigenvalue weighted by Crippen LogP contribution is -2.34. The van der Waals surface area contributed by atoms with Gasteiger partial charge in [-0.15, -0.1) is 11.3 Å². The fraction of sp³-hybridized carbons (Fsp3) is 0.182. The molecule has 0 atom stereocenters. The Balaban J connectivity index is 1.75. The van der Waals surface area contributed by atoms with Gasteiger partial charge in [0.05, 0.1) is 19.2 Å². The van der Waals surface area contributed by atoms with E-state index in [4.69, 9.17) is 9.47 Å². The number of aldehydes is 1. The van der Waals surface area contributed by atoms with E-state index in [1.807, 2.05) is 41.8 Å².